The van der Waals surface area contributed by atoms with Gasteiger partial charge in [-0.2, -0.15) is 0 Å². The number of rotatable bonds is 2. The van der Waals surface area contributed by atoms with Gasteiger partial charge >= 0.3 is 0 Å². The summed E-state index contributed by atoms with van der Waals surface area (Å²) in [5.41, 5.74) is 1.25. The van der Waals surface area contributed by atoms with Gasteiger partial charge in [-0.05, 0) is 17.8 Å². The van der Waals surface area contributed by atoms with Crippen LogP contribution in [0.3, 0.4) is 0 Å². The molecule has 1 saturated heterocycles. The smallest absolute Gasteiger partial charge is 0.169 e. The Balaban J connectivity index is 1.79. The molecular weight excluding hydrogens is 220 g/mol. The van der Waals surface area contributed by atoms with Gasteiger partial charge in [0.2, 0.25) is 0 Å². The number of morpholine rings is 1. The lowest BCUT2D eigenvalue weighted by Gasteiger charge is -2.29. The van der Waals surface area contributed by atoms with E-state index in [1.165, 1.54) is 5.56 Å². The van der Waals surface area contributed by atoms with Gasteiger partial charge in [0.25, 0.3) is 0 Å². The second-order valence-corrected chi connectivity index (χ2v) is 4.13. The predicted octanol–water partition coefficient (Wildman–Crippen LogP) is 1.39. The molecule has 2 rings (SSSR count). The van der Waals surface area contributed by atoms with E-state index in [1.807, 2.05) is 18.2 Å². The summed E-state index contributed by atoms with van der Waals surface area (Å²) in [6.07, 6.45) is 0. The molecule has 0 amide bonds. The fraction of sp³-hybridized carbons (Fsp3) is 0.417. The first kappa shape index (κ1) is 11.4. The van der Waals surface area contributed by atoms with E-state index in [0.717, 1.165) is 38.0 Å². The molecule has 0 atom stereocenters. The molecule has 0 spiro atoms. The highest BCUT2D eigenvalue weighted by atomic mass is 32.1. The summed E-state index contributed by atoms with van der Waals surface area (Å²) in [7, 11) is 0. The molecule has 1 aliphatic heterocycles. The zero-order valence-electron chi connectivity index (χ0n) is 9.19. The van der Waals surface area contributed by atoms with Crippen molar-refractivity contribution in [1.82, 2.24) is 10.2 Å². The molecule has 86 valence electrons. The van der Waals surface area contributed by atoms with E-state index >= 15 is 0 Å². The topological polar surface area (TPSA) is 24.5 Å². The van der Waals surface area contributed by atoms with Crippen LogP contribution in [0.2, 0.25) is 0 Å². The molecule has 1 aromatic carbocycles. The number of nitrogens with zero attached hydrogens (tertiary/aromatic N) is 1. The van der Waals surface area contributed by atoms with Gasteiger partial charge in [-0.3, -0.25) is 0 Å². The summed E-state index contributed by atoms with van der Waals surface area (Å²) in [4.78, 5) is 2.15. The molecule has 0 bridgehead atoms. The van der Waals surface area contributed by atoms with Crippen molar-refractivity contribution in [1.29, 1.82) is 0 Å². The highest BCUT2D eigenvalue weighted by Crippen LogP contribution is 2.00. The van der Waals surface area contributed by atoms with E-state index in [1.54, 1.807) is 0 Å². The lowest BCUT2D eigenvalue weighted by molar-refractivity contribution is 0.0676. The number of hydrogen-bond donors (Lipinski definition) is 1. The van der Waals surface area contributed by atoms with Crippen LogP contribution in [0.15, 0.2) is 30.3 Å². The Kier molecular flexibility index (Phi) is 4.13. The zero-order valence-corrected chi connectivity index (χ0v) is 10.0. The monoisotopic (exact) mass is 236 g/mol. The maximum atomic E-state index is 5.33. The summed E-state index contributed by atoms with van der Waals surface area (Å²) >= 11 is 5.33. The van der Waals surface area contributed by atoms with Gasteiger partial charge < -0.3 is 15.0 Å². The lowest BCUT2D eigenvalue weighted by Crippen LogP contribution is -2.45. The Labute approximate surface area is 101 Å². The Morgan fingerprint density at radius 1 is 1.25 bits per heavy atom. The number of benzene rings is 1. The van der Waals surface area contributed by atoms with Crippen LogP contribution in [0.25, 0.3) is 0 Å². The maximum Gasteiger partial charge on any atom is 0.169 e. The van der Waals surface area contributed by atoms with Gasteiger partial charge in [-0.25, -0.2) is 0 Å². The van der Waals surface area contributed by atoms with Crippen molar-refractivity contribution in [2.75, 3.05) is 26.3 Å². The highest BCUT2D eigenvalue weighted by Gasteiger charge is 2.12. The standard InChI is InChI=1S/C12H16N2OS/c16-12(14-6-8-15-9-7-14)13-10-11-4-2-1-3-5-11/h1-5H,6-10H2,(H,13,16). The van der Waals surface area contributed by atoms with Gasteiger partial charge in [0.05, 0.1) is 13.2 Å². The fourth-order valence-electron chi connectivity index (χ4n) is 1.65. The van der Waals surface area contributed by atoms with Gasteiger partial charge in [0.1, 0.15) is 0 Å². The molecule has 0 saturated carbocycles. The van der Waals surface area contributed by atoms with Gasteiger partial charge in [-0.1, -0.05) is 30.3 Å². The normalized spacial score (nSPS) is 15.9. The molecule has 3 nitrogen and oxygen atoms in total. The zero-order chi connectivity index (χ0) is 11.2. The molecule has 0 unspecified atom stereocenters. The number of hydrogen-bond acceptors (Lipinski definition) is 2. The summed E-state index contributed by atoms with van der Waals surface area (Å²) in [5.74, 6) is 0. The second-order valence-electron chi connectivity index (χ2n) is 3.74. The Bertz CT molecular complexity index is 336. The minimum Gasteiger partial charge on any atom is -0.378 e. The molecule has 16 heavy (non-hydrogen) atoms. The van der Waals surface area contributed by atoms with Crippen LogP contribution in [0.5, 0.6) is 0 Å². The van der Waals surface area contributed by atoms with Crippen LogP contribution in [0.1, 0.15) is 5.56 Å². The van der Waals surface area contributed by atoms with Crippen LogP contribution in [-0.2, 0) is 11.3 Å². The van der Waals surface area contributed by atoms with E-state index in [0.29, 0.717) is 0 Å². The van der Waals surface area contributed by atoms with E-state index < -0.39 is 0 Å². The minimum absolute atomic E-state index is 0.771. The Morgan fingerprint density at radius 3 is 2.62 bits per heavy atom. The van der Waals surface area contributed by atoms with E-state index in [2.05, 4.69) is 22.3 Å². The van der Waals surface area contributed by atoms with Crippen LogP contribution >= 0.6 is 12.2 Å². The number of ether oxygens (including phenoxy) is 1. The van der Waals surface area contributed by atoms with Crippen LogP contribution < -0.4 is 5.32 Å². The molecule has 4 heteroatoms. The van der Waals surface area contributed by atoms with Crippen LogP contribution in [-0.4, -0.2) is 36.3 Å². The van der Waals surface area contributed by atoms with Crippen molar-refractivity contribution in [2.24, 2.45) is 0 Å². The fourth-order valence-corrected chi connectivity index (χ4v) is 1.91. The quantitative estimate of drug-likeness (QED) is 0.784. The van der Waals surface area contributed by atoms with E-state index in [4.69, 9.17) is 17.0 Å². The van der Waals surface area contributed by atoms with Crippen molar-refractivity contribution < 1.29 is 4.74 Å². The molecular formula is C12H16N2OS. The number of nitrogens with one attached hydrogen (secondary N) is 1. The first-order valence-electron chi connectivity index (χ1n) is 5.51. The summed E-state index contributed by atoms with van der Waals surface area (Å²) < 4.78 is 5.28. The highest BCUT2D eigenvalue weighted by molar-refractivity contribution is 7.80. The minimum atomic E-state index is 0.771. The molecule has 1 heterocycles. The Morgan fingerprint density at radius 2 is 1.94 bits per heavy atom. The van der Waals surface area contributed by atoms with Gasteiger partial charge in [0, 0.05) is 19.6 Å². The third kappa shape index (κ3) is 3.18. The molecule has 0 aliphatic carbocycles. The van der Waals surface area contributed by atoms with Crippen molar-refractivity contribution >= 4 is 17.3 Å². The average Bonchev–Trinajstić information content (AvgIpc) is 2.38. The second kappa shape index (κ2) is 5.82. The van der Waals surface area contributed by atoms with Crippen molar-refractivity contribution in [3.63, 3.8) is 0 Å². The van der Waals surface area contributed by atoms with E-state index in [9.17, 15) is 0 Å². The molecule has 1 aromatic rings. The third-order valence-corrected chi connectivity index (χ3v) is 2.99. The summed E-state index contributed by atoms with van der Waals surface area (Å²) in [6, 6.07) is 10.3. The third-order valence-electron chi connectivity index (χ3n) is 2.58. The molecule has 0 radical (unpaired) electrons. The first-order valence-corrected chi connectivity index (χ1v) is 5.91. The van der Waals surface area contributed by atoms with Crippen molar-refractivity contribution in [3.05, 3.63) is 35.9 Å². The predicted molar refractivity (Wildman–Crippen MR) is 68.3 cm³/mol. The van der Waals surface area contributed by atoms with Crippen LogP contribution in [0.4, 0.5) is 0 Å². The SMILES string of the molecule is S=C(NCc1ccccc1)N1CCOCC1. The van der Waals surface area contributed by atoms with Crippen molar-refractivity contribution in [3.8, 4) is 0 Å². The Hall–Kier alpha value is -1.13. The molecule has 1 N–H and O–H groups in total. The van der Waals surface area contributed by atoms with Crippen molar-refractivity contribution in [2.45, 2.75) is 6.54 Å². The largest absolute Gasteiger partial charge is 0.378 e. The lowest BCUT2D eigenvalue weighted by atomic mass is 10.2. The van der Waals surface area contributed by atoms with Gasteiger partial charge in [-0.15, -0.1) is 0 Å². The summed E-state index contributed by atoms with van der Waals surface area (Å²) in [6.45, 7) is 4.11. The van der Waals surface area contributed by atoms with E-state index in [-0.39, 0.29) is 0 Å². The molecule has 0 aromatic heterocycles. The number of thiocarbonyl (C=S) groups is 1. The van der Waals surface area contributed by atoms with Gasteiger partial charge in [0.15, 0.2) is 5.11 Å². The summed E-state index contributed by atoms with van der Waals surface area (Å²) in [5, 5.41) is 4.10. The molecule has 1 aliphatic rings. The molecule has 1 fully saturated rings. The first-order chi connectivity index (χ1) is 7.86. The average molecular weight is 236 g/mol. The maximum absolute atomic E-state index is 5.33. The van der Waals surface area contributed by atoms with Crippen LogP contribution in [0, 0.1) is 0 Å².